The van der Waals surface area contributed by atoms with Crippen LogP contribution in [0, 0.1) is 5.92 Å². The molecule has 0 fully saturated rings. The lowest BCUT2D eigenvalue weighted by atomic mass is 9.90. The van der Waals surface area contributed by atoms with E-state index in [9.17, 15) is 5.11 Å². The number of aliphatic hydroxyl groups is 1. The van der Waals surface area contributed by atoms with Gasteiger partial charge in [0.25, 0.3) is 0 Å². The number of nitrogens with one attached hydrogen (secondary N) is 1. The van der Waals surface area contributed by atoms with Gasteiger partial charge in [0.15, 0.2) is 0 Å². The molecule has 128 valence electrons. The van der Waals surface area contributed by atoms with Crippen molar-refractivity contribution < 1.29 is 9.84 Å². The van der Waals surface area contributed by atoms with E-state index in [1.165, 1.54) is 25.7 Å². The first-order valence-corrected chi connectivity index (χ1v) is 8.99. The van der Waals surface area contributed by atoms with Crippen molar-refractivity contribution in [3.63, 3.8) is 0 Å². The van der Waals surface area contributed by atoms with Gasteiger partial charge in [-0.05, 0) is 31.6 Å². The minimum atomic E-state index is -0.135. The molecule has 2 atom stereocenters. The zero-order chi connectivity index (χ0) is 16.1. The molecular weight excluding hydrogens is 262 g/mol. The molecule has 2 N–H and O–H groups in total. The summed E-state index contributed by atoms with van der Waals surface area (Å²) in [5.74, 6) is 0.715. The Bertz CT molecular complexity index is 227. The van der Waals surface area contributed by atoms with Crippen LogP contribution in [-0.2, 0) is 4.74 Å². The number of hydrogen-bond donors (Lipinski definition) is 2. The van der Waals surface area contributed by atoms with Crippen LogP contribution in [0.1, 0.15) is 79.6 Å². The number of unbranched alkanes of at least 4 members (excludes halogenated alkanes) is 1. The van der Waals surface area contributed by atoms with E-state index in [0.29, 0.717) is 12.0 Å². The highest BCUT2D eigenvalue weighted by Gasteiger charge is 2.27. The SMILES string of the molecule is CCCCC(CC)COCCCC(CC)(CO)NC(C)C. The second kappa shape index (κ2) is 12.4. The van der Waals surface area contributed by atoms with Gasteiger partial charge in [-0.2, -0.15) is 0 Å². The Labute approximate surface area is 132 Å². The third-order valence-electron chi connectivity index (χ3n) is 4.42. The molecule has 0 radical (unpaired) electrons. The third kappa shape index (κ3) is 9.49. The molecule has 3 heteroatoms. The molecule has 0 bridgehead atoms. The minimum Gasteiger partial charge on any atom is -0.394 e. The van der Waals surface area contributed by atoms with Gasteiger partial charge in [0.1, 0.15) is 0 Å². The summed E-state index contributed by atoms with van der Waals surface area (Å²) in [4.78, 5) is 0. The van der Waals surface area contributed by atoms with Crippen LogP contribution in [0.3, 0.4) is 0 Å². The molecule has 0 aromatic rings. The van der Waals surface area contributed by atoms with Gasteiger partial charge in [-0.25, -0.2) is 0 Å². The lowest BCUT2D eigenvalue weighted by molar-refractivity contribution is 0.0757. The van der Waals surface area contributed by atoms with Crippen LogP contribution in [0.4, 0.5) is 0 Å². The molecule has 0 aromatic heterocycles. The summed E-state index contributed by atoms with van der Waals surface area (Å²) >= 11 is 0. The van der Waals surface area contributed by atoms with Crippen molar-refractivity contribution in [2.75, 3.05) is 19.8 Å². The van der Waals surface area contributed by atoms with Gasteiger partial charge < -0.3 is 15.2 Å². The summed E-state index contributed by atoms with van der Waals surface area (Å²) in [6.45, 7) is 12.8. The van der Waals surface area contributed by atoms with Gasteiger partial charge in [0, 0.05) is 24.8 Å². The van der Waals surface area contributed by atoms with E-state index in [0.717, 1.165) is 32.5 Å². The summed E-state index contributed by atoms with van der Waals surface area (Å²) in [6, 6.07) is 0.400. The highest BCUT2D eigenvalue weighted by Crippen LogP contribution is 2.19. The number of ether oxygens (including phenoxy) is 1. The molecule has 0 amide bonds. The molecule has 0 aromatic carbocycles. The smallest absolute Gasteiger partial charge is 0.0613 e. The number of rotatable bonds is 14. The normalized spacial score (nSPS) is 16.1. The molecule has 0 saturated carbocycles. The maximum absolute atomic E-state index is 9.70. The maximum atomic E-state index is 9.70. The highest BCUT2D eigenvalue weighted by atomic mass is 16.5. The Morgan fingerprint density at radius 1 is 1.14 bits per heavy atom. The van der Waals surface area contributed by atoms with Crippen LogP contribution in [0.5, 0.6) is 0 Å². The topological polar surface area (TPSA) is 41.5 Å². The van der Waals surface area contributed by atoms with Crippen molar-refractivity contribution in [1.82, 2.24) is 5.32 Å². The van der Waals surface area contributed by atoms with Gasteiger partial charge in [-0.15, -0.1) is 0 Å². The van der Waals surface area contributed by atoms with Crippen LogP contribution in [-0.4, -0.2) is 36.5 Å². The van der Waals surface area contributed by atoms with Gasteiger partial charge in [-0.1, -0.05) is 53.9 Å². The van der Waals surface area contributed by atoms with Crippen molar-refractivity contribution in [2.24, 2.45) is 5.92 Å². The standard InChI is InChI=1S/C18H39NO2/c1-6-9-11-17(7-2)14-21-13-10-12-18(8-3,15-20)19-16(4)5/h16-17,19-20H,6-15H2,1-5H3. The number of aliphatic hydroxyl groups excluding tert-OH is 1. The van der Waals surface area contributed by atoms with Crippen molar-refractivity contribution in [3.05, 3.63) is 0 Å². The van der Waals surface area contributed by atoms with E-state index in [1.54, 1.807) is 0 Å². The molecule has 0 rings (SSSR count). The maximum Gasteiger partial charge on any atom is 0.0613 e. The fraction of sp³-hybridized carbons (Fsp3) is 1.00. The van der Waals surface area contributed by atoms with Crippen molar-refractivity contribution >= 4 is 0 Å². The monoisotopic (exact) mass is 301 g/mol. The van der Waals surface area contributed by atoms with Crippen LogP contribution < -0.4 is 5.32 Å². The Hall–Kier alpha value is -0.120. The lowest BCUT2D eigenvalue weighted by Gasteiger charge is -2.34. The molecule has 2 unspecified atom stereocenters. The molecule has 0 heterocycles. The van der Waals surface area contributed by atoms with E-state index >= 15 is 0 Å². The van der Waals surface area contributed by atoms with Gasteiger partial charge in [-0.3, -0.25) is 0 Å². The molecule has 0 aliphatic carbocycles. The molecule has 3 nitrogen and oxygen atoms in total. The zero-order valence-electron chi connectivity index (χ0n) is 15.1. The fourth-order valence-corrected chi connectivity index (χ4v) is 2.86. The van der Waals surface area contributed by atoms with Gasteiger partial charge >= 0.3 is 0 Å². The molecular formula is C18H39NO2. The minimum absolute atomic E-state index is 0.135. The Morgan fingerprint density at radius 3 is 2.33 bits per heavy atom. The Kier molecular flexibility index (Phi) is 12.4. The number of hydrogen-bond acceptors (Lipinski definition) is 3. The van der Waals surface area contributed by atoms with Crippen molar-refractivity contribution in [3.8, 4) is 0 Å². The van der Waals surface area contributed by atoms with E-state index in [2.05, 4.69) is 39.9 Å². The summed E-state index contributed by atoms with van der Waals surface area (Å²) in [6.07, 6.45) is 8.02. The molecule has 0 spiro atoms. The first-order chi connectivity index (χ1) is 10.0. The largest absolute Gasteiger partial charge is 0.394 e. The fourth-order valence-electron chi connectivity index (χ4n) is 2.86. The average Bonchev–Trinajstić information content (AvgIpc) is 2.48. The van der Waals surface area contributed by atoms with E-state index in [1.807, 2.05) is 0 Å². The van der Waals surface area contributed by atoms with Crippen LogP contribution in [0.15, 0.2) is 0 Å². The Morgan fingerprint density at radius 2 is 1.86 bits per heavy atom. The first kappa shape index (κ1) is 20.9. The molecule has 21 heavy (non-hydrogen) atoms. The van der Waals surface area contributed by atoms with Gasteiger partial charge in [0.05, 0.1) is 6.61 Å². The predicted molar refractivity (Wildman–Crippen MR) is 91.7 cm³/mol. The van der Waals surface area contributed by atoms with Crippen LogP contribution >= 0.6 is 0 Å². The summed E-state index contributed by atoms with van der Waals surface area (Å²) in [5, 5.41) is 13.2. The summed E-state index contributed by atoms with van der Waals surface area (Å²) in [7, 11) is 0. The zero-order valence-corrected chi connectivity index (χ0v) is 15.1. The summed E-state index contributed by atoms with van der Waals surface area (Å²) in [5.41, 5.74) is -0.135. The second-order valence-corrected chi connectivity index (χ2v) is 6.69. The van der Waals surface area contributed by atoms with Crippen LogP contribution in [0.25, 0.3) is 0 Å². The van der Waals surface area contributed by atoms with E-state index in [4.69, 9.17) is 4.74 Å². The second-order valence-electron chi connectivity index (χ2n) is 6.69. The first-order valence-electron chi connectivity index (χ1n) is 8.99. The van der Waals surface area contributed by atoms with Gasteiger partial charge in [0.2, 0.25) is 0 Å². The molecule has 0 aliphatic heterocycles. The predicted octanol–water partition coefficient (Wildman–Crippen LogP) is 4.14. The third-order valence-corrected chi connectivity index (χ3v) is 4.42. The van der Waals surface area contributed by atoms with Crippen molar-refractivity contribution in [1.29, 1.82) is 0 Å². The summed E-state index contributed by atoms with van der Waals surface area (Å²) < 4.78 is 5.86. The van der Waals surface area contributed by atoms with E-state index < -0.39 is 0 Å². The Balaban J connectivity index is 3.94. The van der Waals surface area contributed by atoms with E-state index in [-0.39, 0.29) is 12.1 Å². The lowest BCUT2D eigenvalue weighted by Crippen LogP contribution is -2.51. The highest BCUT2D eigenvalue weighted by molar-refractivity contribution is 4.87. The van der Waals surface area contributed by atoms with Crippen LogP contribution in [0.2, 0.25) is 0 Å². The van der Waals surface area contributed by atoms with Crippen molar-refractivity contribution in [2.45, 2.75) is 91.1 Å². The molecule has 0 saturated heterocycles. The quantitative estimate of drug-likeness (QED) is 0.474. The molecule has 0 aliphatic rings. The average molecular weight is 302 g/mol.